The van der Waals surface area contributed by atoms with Gasteiger partial charge in [-0.05, 0) is 58.8 Å². The summed E-state index contributed by atoms with van der Waals surface area (Å²) in [7, 11) is 0. The molecule has 0 aliphatic heterocycles. The van der Waals surface area contributed by atoms with E-state index in [2.05, 4.69) is 26.0 Å². The van der Waals surface area contributed by atoms with Gasteiger partial charge in [0.1, 0.15) is 5.78 Å². The Labute approximate surface area is 158 Å². The Bertz CT molecular complexity index is 512. The normalized spacial score (nSPS) is 22.5. The molecule has 0 aromatic heterocycles. The molecule has 1 fully saturated rings. The van der Waals surface area contributed by atoms with Crippen LogP contribution in [0.1, 0.15) is 85.0 Å². The van der Waals surface area contributed by atoms with Crippen LogP contribution in [0.15, 0.2) is 23.8 Å². The van der Waals surface area contributed by atoms with Gasteiger partial charge in [-0.25, -0.2) is 0 Å². The highest BCUT2D eigenvalue weighted by molar-refractivity contribution is 5.83. The van der Waals surface area contributed by atoms with Crippen LogP contribution < -0.4 is 0 Å². The molecule has 0 aromatic carbocycles. The first-order chi connectivity index (χ1) is 12.2. The third-order valence-electron chi connectivity index (χ3n) is 5.22. The number of rotatable bonds is 12. The zero-order chi connectivity index (χ0) is 19.6. The van der Waals surface area contributed by atoms with E-state index in [1.165, 1.54) is 5.57 Å². The third kappa shape index (κ3) is 9.33. The van der Waals surface area contributed by atoms with Gasteiger partial charge < -0.3 is 10.2 Å². The van der Waals surface area contributed by atoms with E-state index in [1.54, 1.807) is 0 Å². The van der Waals surface area contributed by atoms with E-state index in [-0.39, 0.29) is 18.3 Å². The van der Waals surface area contributed by atoms with Crippen molar-refractivity contribution in [3.8, 4) is 0 Å². The molecule has 1 rings (SSSR count). The topological polar surface area (TPSA) is 74.6 Å². The molecule has 1 aliphatic rings. The van der Waals surface area contributed by atoms with E-state index in [4.69, 9.17) is 5.11 Å². The summed E-state index contributed by atoms with van der Waals surface area (Å²) >= 11 is 0. The maximum absolute atomic E-state index is 12.2. The summed E-state index contributed by atoms with van der Waals surface area (Å²) in [6, 6.07) is 0. The third-order valence-corrected chi connectivity index (χ3v) is 5.22. The van der Waals surface area contributed by atoms with E-state index in [0.717, 1.165) is 38.5 Å². The number of carboxylic acid groups (broad SMARTS) is 1. The number of carbonyl (C=O) groups excluding carboxylic acids is 1. The number of unbranched alkanes of at least 4 members (excludes halogenated alkanes) is 3. The van der Waals surface area contributed by atoms with Crippen molar-refractivity contribution in [1.82, 2.24) is 0 Å². The van der Waals surface area contributed by atoms with Crippen molar-refractivity contribution in [2.75, 3.05) is 0 Å². The maximum atomic E-state index is 12.2. The zero-order valence-electron chi connectivity index (χ0n) is 16.7. The van der Waals surface area contributed by atoms with Crippen LogP contribution in [0.4, 0.5) is 0 Å². The molecule has 0 heterocycles. The highest BCUT2D eigenvalue weighted by atomic mass is 16.4. The van der Waals surface area contributed by atoms with Gasteiger partial charge in [-0.15, -0.1) is 0 Å². The van der Waals surface area contributed by atoms with Crippen LogP contribution in [-0.4, -0.2) is 27.6 Å². The fourth-order valence-corrected chi connectivity index (χ4v) is 3.60. The van der Waals surface area contributed by atoms with E-state index in [1.807, 2.05) is 13.0 Å². The number of hydrogen-bond donors (Lipinski definition) is 2. The first-order valence-corrected chi connectivity index (χ1v) is 10.0. The fraction of sp³-hybridized carbons (Fsp3) is 0.727. The van der Waals surface area contributed by atoms with Gasteiger partial charge in [0.15, 0.2) is 0 Å². The second-order valence-electron chi connectivity index (χ2n) is 8.16. The van der Waals surface area contributed by atoms with Gasteiger partial charge in [0.05, 0.1) is 5.60 Å². The second-order valence-corrected chi connectivity index (χ2v) is 8.16. The molecule has 1 unspecified atom stereocenters. The number of Topliss-reactive ketones (excluding diaryl/α,β-unsaturated/α-hetero) is 1. The molecule has 0 aromatic rings. The van der Waals surface area contributed by atoms with Gasteiger partial charge in [0.25, 0.3) is 0 Å². The minimum atomic E-state index is -0.834. The van der Waals surface area contributed by atoms with Gasteiger partial charge in [0.2, 0.25) is 0 Å². The summed E-state index contributed by atoms with van der Waals surface area (Å²) in [5.41, 5.74) is 0.425. The summed E-state index contributed by atoms with van der Waals surface area (Å²) in [4.78, 5) is 22.7. The minimum Gasteiger partial charge on any atom is -0.481 e. The van der Waals surface area contributed by atoms with Crippen LogP contribution in [0.2, 0.25) is 0 Å². The first kappa shape index (κ1) is 22.6. The Hall–Kier alpha value is -1.42. The largest absolute Gasteiger partial charge is 0.481 e. The molecule has 3 atom stereocenters. The van der Waals surface area contributed by atoms with Crippen molar-refractivity contribution < 1.29 is 19.8 Å². The standard InChI is InChI=1S/C22H36O4/c1-17(2)9-8-15-22(3,26)16-14-18-12-13-20(23)19(18)10-6-4-5-7-11-21(24)25/h9,14,16,18-19,26H,4-8,10-13,15H2,1-3H3,(H,24,25)/t18-,19-,22?/m1/s1. The maximum Gasteiger partial charge on any atom is 0.303 e. The molecule has 4 nitrogen and oxygen atoms in total. The predicted octanol–water partition coefficient (Wildman–Crippen LogP) is 5.06. The summed E-state index contributed by atoms with van der Waals surface area (Å²) in [5, 5.41) is 19.2. The average Bonchev–Trinajstić information content (AvgIpc) is 2.88. The second kappa shape index (κ2) is 11.3. The van der Waals surface area contributed by atoms with Gasteiger partial charge in [-0.1, -0.05) is 43.1 Å². The van der Waals surface area contributed by atoms with Gasteiger partial charge in [0, 0.05) is 18.8 Å². The smallest absolute Gasteiger partial charge is 0.303 e. The van der Waals surface area contributed by atoms with E-state index in [0.29, 0.717) is 25.0 Å². The number of carboxylic acids is 1. The monoisotopic (exact) mass is 364 g/mol. The lowest BCUT2D eigenvalue weighted by molar-refractivity contribution is -0.137. The van der Waals surface area contributed by atoms with E-state index >= 15 is 0 Å². The lowest BCUT2D eigenvalue weighted by Gasteiger charge is -2.20. The van der Waals surface area contributed by atoms with Crippen LogP contribution in [0, 0.1) is 11.8 Å². The molecule has 0 radical (unpaired) electrons. The van der Waals surface area contributed by atoms with E-state index in [9.17, 15) is 14.7 Å². The molecular formula is C22H36O4. The Morgan fingerprint density at radius 3 is 2.58 bits per heavy atom. The molecule has 1 saturated carbocycles. The van der Waals surface area contributed by atoms with Crippen molar-refractivity contribution in [3.05, 3.63) is 23.8 Å². The molecule has 0 saturated heterocycles. The average molecular weight is 365 g/mol. The summed E-state index contributed by atoms with van der Waals surface area (Å²) in [5.74, 6) is -0.0945. The Kier molecular flexibility index (Phi) is 9.85. The molecule has 2 N–H and O–H groups in total. The summed E-state index contributed by atoms with van der Waals surface area (Å²) in [6.07, 6.45) is 13.8. The zero-order valence-corrected chi connectivity index (χ0v) is 16.7. The lowest BCUT2D eigenvalue weighted by atomic mass is 9.88. The highest BCUT2D eigenvalue weighted by Gasteiger charge is 2.32. The molecule has 0 spiro atoms. The summed E-state index contributed by atoms with van der Waals surface area (Å²) in [6.45, 7) is 5.94. The Morgan fingerprint density at radius 1 is 1.23 bits per heavy atom. The van der Waals surface area contributed by atoms with Crippen LogP contribution in [0.25, 0.3) is 0 Å². The Morgan fingerprint density at radius 2 is 1.92 bits per heavy atom. The SMILES string of the molecule is CC(C)=CCCC(C)(O)C=C[C@H]1CCC(=O)[C@@H]1CCCCCCC(=O)O. The van der Waals surface area contributed by atoms with Gasteiger partial charge in [-0.3, -0.25) is 9.59 Å². The van der Waals surface area contributed by atoms with Crippen molar-refractivity contribution >= 4 is 11.8 Å². The molecular weight excluding hydrogens is 328 g/mol. The van der Waals surface area contributed by atoms with Crippen molar-refractivity contribution in [3.63, 3.8) is 0 Å². The number of allylic oxidation sites excluding steroid dienone is 3. The number of hydrogen-bond acceptors (Lipinski definition) is 3. The molecule has 26 heavy (non-hydrogen) atoms. The number of aliphatic hydroxyl groups is 1. The fourth-order valence-electron chi connectivity index (χ4n) is 3.60. The number of carbonyl (C=O) groups is 2. The molecule has 148 valence electrons. The van der Waals surface area contributed by atoms with Gasteiger partial charge in [-0.2, -0.15) is 0 Å². The molecule has 4 heteroatoms. The van der Waals surface area contributed by atoms with Crippen LogP contribution in [0.3, 0.4) is 0 Å². The first-order valence-electron chi connectivity index (χ1n) is 10.0. The van der Waals surface area contributed by atoms with Crippen molar-refractivity contribution in [1.29, 1.82) is 0 Å². The quantitative estimate of drug-likeness (QED) is 0.375. The minimum absolute atomic E-state index is 0.0688. The predicted molar refractivity (Wildman–Crippen MR) is 105 cm³/mol. The Balaban J connectivity index is 2.42. The number of aliphatic carboxylic acids is 1. The summed E-state index contributed by atoms with van der Waals surface area (Å²) < 4.78 is 0. The molecule has 0 bridgehead atoms. The number of ketones is 1. The molecule has 1 aliphatic carbocycles. The lowest BCUT2D eigenvalue weighted by Crippen LogP contribution is -2.21. The van der Waals surface area contributed by atoms with E-state index < -0.39 is 11.6 Å². The highest BCUT2D eigenvalue weighted by Crippen LogP contribution is 2.34. The van der Waals surface area contributed by atoms with Crippen LogP contribution >= 0.6 is 0 Å². The van der Waals surface area contributed by atoms with Crippen LogP contribution in [-0.2, 0) is 9.59 Å². The van der Waals surface area contributed by atoms with Gasteiger partial charge >= 0.3 is 5.97 Å². The van der Waals surface area contributed by atoms with Crippen molar-refractivity contribution in [2.24, 2.45) is 11.8 Å². The van der Waals surface area contributed by atoms with Crippen molar-refractivity contribution in [2.45, 2.75) is 90.6 Å². The van der Waals surface area contributed by atoms with Crippen LogP contribution in [0.5, 0.6) is 0 Å². The molecule has 0 amide bonds.